The van der Waals surface area contributed by atoms with E-state index in [0.29, 0.717) is 24.5 Å². The Hall–Kier alpha value is -1.91. The van der Waals surface area contributed by atoms with E-state index in [-0.39, 0.29) is 11.8 Å². The van der Waals surface area contributed by atoms with Gasteiger partial charge in [-0.3, -0.25) is 9.59 Å². The van der Waals surface area contributed by atoms with Crippen LogP contribution in [-0.4, -0.2) is 16.8 Å². The van der Waals surface area contributed by atoms with E-state index in [1.54, 1.807) is 12.1 Å². The number of unbranched alkanes of at least 4 members (excludes halogenated alkanes) is 20. The second kappa shape index (κ2) is 25.4. The summed E-state index contributed by atoms with van der Waals surface area (Å²) < 4.78 is 0. The van der Waals surface area contributed by atoms with Crippen molar-refractivity contribution in [3.63, 3.8) is 0 Å². The maximum atomic E-state index is 12.3. The average Bonchev–Trinajstić information content (AvgIpc) is 2.90. The number of carbonyl (C=O) groups is 2. The Kier molecular flexibility index (Phi) is 22.8. The molecule has 1 rings (SSSR count). The fraction of sp³-hybridized carbons (Fsp3) is 0.788. The summed E-state index contributed by atoms with van der Waals surface area (Å²) in [6, 6.07) is 5.37. The molecule has 1 aromatic heterocycles. The van der Waals surface area contributed by atoms with Gasteiger partial charge < -0.3 is 10.6 Å². The summed E-state index contributed by atoms with van der Waals surface area (Å²) in [4.78, 5) is 29.0. The van der Waals surface area contributed by atoms with E-state index in [9.17, 15) is 9.59 Å². The van der Waals surface area contributed by atoms with E-state index in [4.69, 9.17) is 0 Å². The van der Waals surface area contributed by atoms with E-state index >= 15 is 0 Å². The zero-order chi connectivity index (χ0) is 27.5. The zero-order valence-corrected chi connectivity index (χ0v) is 25.0. The molecule has 1 aromatic rings. The molecular weight excluding hydrogens is 470 g/mol. The Morgan fingerprint density at radius 2 is 0.789 bits per heavy atom. The number of hydrogen-bond acceptors (Lipinski definition) is 3. The maximum absolute atomic E-state index is 12.3. The second-order valence-electron chi connectivity index (χ2n) is 11.1. The molecule has 0 bridgehead atoms. The lowest BCUT2D eigenvalue weighted by atomic mass is 10.1. The average molecular weight is 530 g/mol. The minimum absolute atomic E-state index is 0.00198. The van der Waals surface area contributed by atoms with Gasteiger partial charge in [0.25, 0.3) is 0 Å². The lowest BCUT2D eigenvalue weighted by molar-refractivity contribution is -0.117. The zero-order valence-electron chi connectivity index (χ0n) is 25.0. The van der Waals surface area contributed by atoms with Gasteiger partial charge >= 0.3 is 0 Å². The van der Waals surface area contributed by atoms with E-state index in [1.807, 2.05) is 6.07 Å². The predicted molar refractivity (Wildman–Crippen MR) is 164 cm³/mol. The van der Waals surface area contributed by atoms with Crippen LogP contribution in [0.2, 0.25) is 0 Å². The van der Waals surface area contributed by atoms with Crippen molar-refractivity contribution in [1.82, 2.24) is 4.98 Å². The molecule has 2 amide bonds. The Labute approximate surface area is 234 Å². The molecular formula is C33H59N3O2. The standard InChI is InChI=1S/C33H59N3O2/c1-3-5-7-9-11-13-15-17-19-21-23-28-32(37)35-30-26-25-27-31(34-30)36-33(38)29-24-22-20-18-16-14-12-10-8-6-4-2/h25-27H,3-24,28-29H2,1-2H3,(H2,34,35,36,37,38). The van der Waals surface area contributed by atoms with Gasteiger partial charge in [-0.1, -0.05) is 148 Å². The second-order valence-corrected chi connectivity index (χ2v) is 11.1. The van der Waals surface area contributed by atoms with E-state index in [2.05, 4.69) is 29.5 Å². The molecule has 0 fully saturated rings. The molecule has 1 heterocycles. The molecule has 0 unspecified atom stereocenters. The number of pyridine rings is 1. The molecule has 0 saturated carbocycles. The first-order valence-electron chi connectivity index (χ1n) is 16.2. The lowest BCUT2D eigenvalue weighted by Gasteiger charge is -2.08. The van der Waals surface area contributed by atoms with Crippen LogP contribution in [0.25, 0.3) is 0 Å². The molecule has 0 aromatic carbocycles. The van der Waals surface area contributed by atoms with Crippen molar-refractivity contribution in [2.75, 3.05) is 10.6 Å². The van der Waals surface area contributed by atoms with Gasteiger partial charge in [0.15, 0.2) is 0 Å². The molecule has 5 nitrogen and oxygen atoms in total. The number of rotatable bonds is 26. The van der Waals surface area contributed by atoms with Crippen molar-refractivity contribution in [2.45, 2.75) is 168 Å². The Morgan fingerprint density at radius 1 is 0.500 bits per heavy atom. The van der Waals surface area contributed by atoms with Crippen molar-refractivity contribution >= 4 is 23.5 Å². The molecule has 38 heavy (non-hydrogen) atoms. The summed E-state index contributed by atoms with van der Waals surface area (Å²) in [5, 5.41) is 5.76. The van der Waals surface area contributed by atoms with Crippen LogP contribution in [0.15, 0.2) is 18.2 Å². The number of aromatic nitrogens is 1. The number of nitrogens with one attached hydrogen (secondary N) is 2. The molecule has 0 aliphatic rings. The minimum atomic E-state index is -0.00198. The van der Waals surface area contributed by atoms with Gasteiger partial charge in [0.1, 0.15) is 11.6 Å². The first-order chi connectivity index (χ1) is 18.7. The van der Waals surface area contributed by atoms with E-state index in [0.717, 1.165) is 25.7 Å². The van der Waals surface area contributed by atoms with Crippen LogP contribution in [0.4, 0.5) is 11.6 Å². The van der Waals surface area contributed by atoms with Crippen LogP contribution in [0.1, 0.15) is 168 Å². The van der Waals surface area contributed by atoms with E-state index in [1.165, 1.54) is 116 Å². The van der Waals surface area contributed by atoms with E-state index < -0.39 is 0 Å². The normalized spacial score (nSPS) is 11.0. The van der Waals surface area contributed by atoms with Crippen molar-refractivity contribution in [3.8, 4) is 0 Å². The first-order valence-corrected chi connectivity index (χ1v) is 16.2. The summed E-state index contributed by atoms with van der Waals surface area (Å²) >= 11 is 0. The van der Waals surface area contributed by atoms with Crippen LogP contribution < -0.4 is 10.6 Å². The van der Waals surface area contributed by atoms with Crippen molar-refractivity contribution in [3.05, 3.63) is 18.2 Å². The van der Waals surface area contributed by atoms with Crippen LogP contribution in [0.5, 0.6) is 0 Å². The smallest absolute Gasteiger partial charge is 0.225 e. The van der Waals surface area contributed by atoms with Gasteiger partial charge in [0.05, 0.1) is 0 Å². The Morgan fingerprint density at radius 3 is 1.11 bits per heavy atom. The summed E-state index contributed by atoms with van der Waals surface area (Å²) in [5.74, 6) is 1.01. The topological polar surface area (TPSA) is 71.1 Å². The number of hydrogen-bond donors (Lipinski definition) is 2. The fourth-order valence-electron chi connectivity index (χ4n) is 4.88. The molecule has 0 aliphatic carbocycles. The monoisotopic (exact) mass is 529 g/mol. The molecule has 218 valence electrons. The number of amides is 2. The largest absolute Gasteiger partial charge is 0.311 e. The van der Waals surface area contributed by atoms with Gasteiger partial charge in [0.2, 0.25) is 11.8 Å². The van der Waals surface area contributed by atoms with Crippen LogP contribution in [0.3, 0.4) is 0 Å². The van der Waals surface area contributed by atoms with Crippen LogP contribution >= 0.6 is 0 Å². The molecule has 2 N–H and O–H groups in total. The molecule has 5 heteroatoms. The molecule has 0 atom stereocenters. The highest BCUT2D eigenvalue weighted by atomic mass is 16.2. The van der Waals surface area contributed by atoms with Gasteiger partial charge in [-0.2, -0.15) is 0 Å². The third-order valence-electron chi connectivity index (χ3n) is 7.30. The molecule has 0 aliphatic heterocycles. The van der Waals surface area contributed by atoms with Gasteiger partial charge in [-0.15, -0.1) is 0 Å². The quantitative estimate of drug-likeness (QED) is 0.117. The number of anilines is 2. The highest BCUT2D eigenvalue weighted by molar-refractivity contribution is 5.91. The highest BCUT2D eigenvalue weighted by Gasteiger charge is 2.07. The van der Waals surface area contributed by atoms with Gasteiger partial charge in [0, 0.05) is 12.8 Å². The Bertz CT molecular complexity index is 652. The fourth-order valence-corrected chi connectivity index (χ4v) is 4.88. The Balaban J connectivity index is 2.05. The third kappa shape index (κ3) is 21.1. The van der Waals surface area contributed by atoms with Crippen LogP contribution in [-0.2, 0) is 9.59 Å². The number of nitrogens with zero attached hydrogens (tertiary/aromatic N) is 1. The van der Waals surface area contributed by atoms with Gasteiger partial charge in [-0.05, 0) is 25.0 Å². The predicted octanol–water partition coefficient (Wildman–Crippen LogP) is 10.4. The summed E-state index contributed by atoms with van der Waals surface area (Å²) in [6.07, 6.45) is 29.0. The molecule has 0 spiro atoms. The minimum Gasteiger partial charge on any atom is -0.311 e. The molecule has 0 radical (unpaired) electrons. The van der Waals surface area contributed by atoms with Crippen molar-refractivity contribution in [2.24, 2.45) is 0 Å². The summed E-state index contributed by atoms with van der Waals surface area (Å²) in [7, 11) is 0. The van der Waals surface area contributed by atoms with Gasteiger partial charge in [-0.25, -0.2) is 4.98 Å². The molecule has 0 saturated heterocycles. The van der Waals surface area contributed by atoms with Crippen LogP contribution in [0, 0.1) is 0 Å². The summed E-state index contributed by atoms with van der Waals surface area (Å²) in [6.45, 7) is 4.52. The SMILES string of the molecule is CCCCCCCCCCCCCC(=O)Nc1cccc(NC(=O)CCCCCCCCCCCCC)n1. The summed E-state index contributed by atoms with van der Waals surface area (Å²) in [5.41, 5.74) is 0. The van der Waals surface area contributed by atoms with Crippen molar-refractivity contribution in [1.29, 1.82) is 0 Å². The maximum Gasteiger partial charge on any atom is 0.225 e. The van der Waals surface area contributed by atoms with Crippen molar-refractivity contribution < 1.29 is 9.59 Å². The lowest BCUT2D eigenvalue weighted by Crippen LogP contribution is -2.15. The highest BCUT2D eigenvalue weighted by Crippen LogP contribution is 2.15. The third-order valence-corrected chi connectivity index (χ3v) is 7.30. The number of carbonyl (C=O) groups excluding carboxylic acids is 2. The first kappa shape index (κ1) is 34.1.